The van der Waals surface area contributed by atoms with E-state index >= 15 is 0 Å². The Kier molecular flexibility index (Phi) is 7.72. The molecule has 4 aromatic heterocycles. The molecule has 1 amide bonds. The third-order valence-electron chi connectivity index (χ3n) is 6.56. The molecule has 6 rings (SSSR count). The smallest absolute Gasteiger partial charge is 0.229 e. The van der Waals surface area contributed by atoms with Gasteiger partial charge in [0, 0.05) is 35.1 Å². The van der Waals surface area contributed by atoms with Crippen molar-refractivity contribution in [1.82, 2.24) is 24.5 Å². The first-order valence-corrected chi connectivity index (χ1v) is 14.2. The van der Waals surface area contributed by atoms with Crippen molar-refractivity contribution in [1.29, 1.82) is 0 Å². The zero-order chi connectivity index (χ0) is 29.1. The minimum Gasteiger partial charge on any atom is -0.324 e. The molecule has 0 spiro atoms. The van der Waals surface area contributed by atoms with Crippen molar-refractivity contribution in [3.05, 3.63) is 113 Å². The normalized spacial score (nSPS) is 11.2. The number of amides is 1. The van der Waals surface area contributed by atoms with Gasteiger partial charge in [-0.15, -0.1) is 11.3 Å². The lowest BCUT2D eigenvalue weighted by molar-refractivity contribution is -0.115. The number of nitrogens with zero attached hydrogens (tertiary/aromatic N) is 5. The van der Waals surface area contributed by atoms with Gasteiger partial charge in [0.05, 0.1) is 28.9 Å². The molecule has 0 aliphatic rings. The Morgan fingerprint density at radius 3 is 2.76 bits per heavy atom. The Balaban J connectivity index is 1.35. The van der Waals surface area contributed by atoms with Crippen LogP contribution in [-0.2, 0) is 17.8 Å². The van der Waals surface area contributed by atoms with E-state index in [0.29, 0.717) is 22.9 Å². The minimum atomic E-state index is -0.520. The molecule has 10 heteroatoms. The third-order valence-corrected chi connectivity index (χ3v) is 7.44. The summed E-state index contributed by atoms with van der Waals surface area (Å²) in [6.07, 6.45) is 3.73. The number of pyridine rings is 1. The number of carbonyl (C=O) groups is 1. The average Bonchev–Trinajstić information content (AvgIpc) is 3.62. The van der Waals surface area contributed by atoms with Crippen LogP contribution in [0.25, 0.3) is 28.0 Å². The van der Waals surface area contributed by atoms with E-state index in [1.54, 1.807) is 22.8 Å². The van der Waals surface area contributed by atoms with Crippen LogP contribution < -0.4 is 10.6 Å². The second-order valence-corrected chi connectivity index (χ2v) is 11.1. The number of thiophene rings is 1. The number of anilines is 3. The van der Waals surface area contributed by atoms with Crippen molar-refractivity contribution < 1.29 is 9.18 Å². The van der Waals surface area contributed by atoms with Crippen molar-refractivity contribution >= 4 is 40.1 Å². The van der Waals surface area contributed by atoms with E-state index in [1.807, 2.05) is 74.2 Å². The summed E-state index contributed by atoms with van der Waals surface area (Å²) in [5.41, 5.74) is 5.65. The molecule has 2 N–H and O–H groups in total. The molecule has 0 aliphatic heterocycles. The predicted octanol–water partition coefficient (Wildman–Crippen LogP) is 6.65. The Labute approximate surface area is 246 Å². The molecule has 210 valence electrons. The highest BCUT2D eigenvalue weighted by Gasteiger charge is 2.20. The molecule has 0 fully saturated rings. The molecule has 0 unspecified atom stereocenters. The van der Waals surface area contributed by atoms with Crippen molar-refractivity contribution in [2.45, 2.75) is 13.0 Å². The van der Waals surface area contributed by atoms with Crippen LogP contribution in [0.5, 0.6) is 0 Å². The second kappa shape index (κ2) is 11.9. The predicted molar refractivity (Wildman–Crippen MR) is 165 cm³/mol. The Morgan fingerprint density at radius 1 is 1.02 bits per heavy atom. The van der Waals surface area contributed by atoms with E-state index in [-0.39, 0.29) is 18.0 Å². The Bertz CT molecular complexity index is 1870. The van der Waals surface area contributed by atoms with Crippen molar-refractivity contribution in [2.24, 2.45) is 0 Å². The topological polar surface area (TPSA) is 87.5 Å². The third kappa shape index (κ3) is 6.04. The fraction of sp³-hybridized carbons (Fsp3) is 0.125. The summed E-state index contributed by atoms with van der Waals surface area (Å²) in [5, 5.41) is 12.8. The van der Waals surface area contributed by atoms with E-state index in [2.05, 4.69) is 32.7 Å². The van der Waals surface area contributed by atoms with Crippen LogP contribution in [0.15, 0.2) is 96.6 Å². The SMILES string of the molecule is CN(C)Cc1cccc(Nc2nccc(-c3c(-c4ccc(F)c(NC(=O)Cc5cccs5)c4)nn4ccccc34)n2)c1. The van der Waals surface area contributed by atoms with E-state index in [0.717, 1.165) is 28.2 Å². The van der Waals surface area contributed by atoms with Gasteiger partial charge in [0.15, 0.2) is 0 Å². The molecule has 4 heterocycles. The summed E-state index contributed by atoms with van der Waals surface area (Å²) in [6, 6.07) is 24.1. The van der Waals surface area contributed by atoms with E-state index in [9.17, 15) is 9.18 Å². The number of hydrogen-bond donors (Lipinski definition) is 2. The van der Waals surface area contributed by atoms with Gasteiger partial charge in [0.2, 0.25) is 11.9 Å². The molecule has 0 aliphatic carbocycles. The molecule has 0 radical (unpaired) electrons. The van der Waals surface area contributed by atoms with Crippen LogP contribution in [0.1, 0.15) is 10.4 Å². The number of halogens is 1. The van der Waals surface area contributed by atoms with Gasteiger partial charge in [0.25, 0.3) is 0 Å². The average molecular weight is 578 g/mol. The number of nitrogens with one attached hydrogen (secondary N) is 2. The van der Waals surface area contributed by atoms with E-state index < -0.39 is 5.82 Å². The molecule has 8 nitrogen and oxygen atoms in total. The fourth-order valence-corrected chi connectivity index (χ4v) is 5.49. The van der Waals surface area contributed by atoms with Crippen LogP contribution >= 0.6 is 11.3 Å². The highest BCUT2D eigenvalue weighted by molar-refractivity contribution is 7.10. The zero-order valence-electron chi connectivity index (χ0n) is 23.1. The minimum absolute atomic E-state index is 0.0970. The maximum atomic E-state index is 14.8. The van der Waals surface area contributed by atoms with Crippen LogP contribution in [0.2, 0.25) is 0 Å². The number of hydrogen-bond acceptors (Lipinski definition) is 7. The van der Waals surface area contributed by atoms with Crippen LogP contribution in [-0.4, -0.2) is 44.5 Å². The Hall–Kier alpha value is -4.93. The number of fused-ring (bicyclic) bond motifs is 1. The molecule has 0 saturated heterocycles. The standard InChI is InChI=1S/C32H28FN7OS/c1-39(2)20-21-7-5-8-23(17-21)35-32-34-14-13-26(37-32)30-28-10-3-4-15-40(28)38-31(30)22-11-12-25(33)27(18-22)36-29(41)19-24-9-6-16-42-24/h3-18H,19-20H2,1-2H3,(H,36,41)(H,34,35,37). The summed E-state index contributed by atoms with van der Waals surface area (Å²) >= 11 is 1.49. The molecule has 0 bridgehead atoms. The maximum absolute atomic E-state index is 14.8. The monoisotopic (exact) mass is 577 g/mol. The van der Waals surface area contributed by atoms with E-state index in [1.165, 1.54) is 23.0 Å². The molecule has 0 saturated carbocycles. The summed E-state index contributed by atoms with van der Waals surface area (Å²) in [6.45, 7) is 0.816. The molecule has 0 atom stereocenters. The largest absolute Gasteiger partial charge is 0.324 e. The van der Waals surface area contributed by atoms with Crippen LogP contribution in [0.4, 0.5) is 21.7 Å². The molecule has 2 aromatic carbocycles. The molecule has 42 heavy (non-hydrogen) atoms. The number of benzene rings is 2. The van der Waals surface area contributed by atoms with Crippen LogP contribution in [0.3, 0.4) is 0 Å². The van der Waals surface area contributed by atoms with Gasteiger partial charge in [-0.1, -0.05) is 24.3 Å². The number of rotatable bonds is 9. The molecular weight excluding hydrogens is 549 g/mol. The summed E-state index contributed by atoms with van der Waals surface area (Å²) in [7, 11) is 4.06. The Morgan fingerprint density at radius 2 is 1.93 bits per heavy atom. The number of aromatic nitrogens is 4. The van der Waals surface area contributed by atoms with Gasteiger partial charge in [-0.05, 0) is 79.6 Å². The first-order chi connectivity index (χ1) is 20.4. The molecule has 6 aromatic rings. The first kappa shape index (κ1) is 27.3. The quantitative estimate of drug-likeness (QED) is 0.200. The zero-order valence-corrected chi connectivity index (χ0v) is 23.9. The van der Waals surface area contributed by atoms with Gasteiger partial charge in [-0.25, -0.2) is 18.9 Å². The van der Waals surface area contributed by atoms with Gasteiger partial charge < -0.3 is 15.5 Å². The van der Waals surface area contributed by atoms with Gasteiger partial charge in [0.1, 0.15) is 11.5 Å². The van der Waals surface area contributed by atoms with Gasteiger partial charge in [-0.2, -0.15) is 5.10 Å². The number of carbonyl (C=O) groups excluding carboxylic acids is 1. The lowest BCUT2D eigenvalue weighted by atomic mass is 10.0. The maximum Gasteiger partial charge on any atom is 0.229 e. The highest BCUT2D eigenvalue weighted by Crippen LogP contribution is 2.36. The fourth-order valence-electron chi connectivity index (χ4n) is 4.79. The summed E-state index contributed by atoms with van der Waals surface area (Å²) in [4.78, 5) is 25.0. The second-order valence-electron chi connectivity index (χ2n) is 10.1. The summed E-state index contributed by atoms with van der Waals surface area (Å²) < 4.78 is 16.6. The lowest BCUT2D eigenvalue weighted by Gasteiger charge is -2.12. The van der Waals surface area contributed by atoms with Crippen molar-refractivity contribution in [2.75, 3.05) is 24.7 Å². The lowest BCUT2D eigenvalue weighted by Crippen LogP contribution is -2.14. The first-order valence-electron chi connectivity index (χ1n) is 13.4. The van der Waals surface area contributed by atoms with Crippen molar-refractivity contribution in [3.8, 4) is 22.5 Å². The highest BCUT2D eigenvalue weighted by atomic mass is 32.1. The van der Waals surface area contributed by atoms with Gasteiger partial charge >= 0.3 is 0 Å². The van der Waals surface area contributed by atoms with Crippen molar-refractivity contribution in [3.63, 3.8) is 0 Å². The summed E-state index contributed by atoms with van der Waals surface area (Å²) in [5.74, 6) is -0.366. The van der Waals surface area contributed by atoms with Crippen LogP contribution in [0, 0.1) is 5.82 Å². The molecular formula is C32H28FN7OS. The van der Waals surface area contributed by atoms with Gasteiger partial charge in [-0.3, -0.25) is 4.79 Å². The van der Waals surface area contributed by atoms with E-state index in [4.69, 9.17) is 10.1 Å².